The van der Waals surface area contributed by atoms with Crippen LogP contribution in [0.4, 0.5) is 0 Å². The van der Waals surface area contributed by atoms with Crippen LogP contribution in [0.25, 0.3) is 6.08 Å². The second kappa shape index (κ2) is 8.57. The van der Waals surface area contributed by atoms with Crippen LogP contribution in [-0.2, 0) is 4.74 Å². The van der Waals surface area contributed by atoms with E-state index in [1.807, 2.05) is 54.6 Å². The van der Waals surface area contributed by atoms with E-state index >= 15 is 0 Å². The highest BCUT2D eigenvalue weighted by molar-refractivity contribution is 6.32. The molecule has 30 heavy (non-hydrogen) atoms. The second-order valence-electron chi connectivity index (χ2n) is 7.30. The highest BCUT2D eigenvalue weighted by Crippen LogP contribution is 2.45. The maximum absolute atomic E-state index is 9.86. The minimum absolute atomic E-state index is 0.121. The minimum Gasteiger partial charge on any atom is -0.440 e. The molecule has 0 radical (unpaired) electrons. The molecule has 2 aliphatic rings. The fourth-order valence-corrected chi connectivity index (χ4v) is 4.44. The number of allylic oxidation sites excluding steroid dienone is 1. The van der Waals surface area contributed by atoms with Crippen molar-refractivity contribution in [3.63, 3.8) is 0 Å². The molecule has 0 saturated carbocycles. The number of hydrogen-bond donors (Lipinski definition) is 1. The lowest BCUT2D eigenvalue weighted by atomic mass is 9.80. The van der Waals surface area contributed by atoms with Crippen molar-refractivity contribution in [2.75, 3.05) is 19.6 Å². The van der Waals surface area contributed by atoms with Gasteiger partial charge in [-0.15, -0.1) is 0 Å². The topological polar surface area (TPSA) is 62.3 Å². The van der Waals surface area contributed by atoms with E-state index < -0.39 is 0 Å². The fraction of sp³-hybridized carbons (Fsp3) is 0.208. The van der Waals surface area contributed by atoms with E-state index in [4.69, 9.17) is 33.7 Å². The average Bonchev–Trinajstić information content (AvgIpc) is 2.75. The first-order chi connectivity index (χ1) is 14.5. The first-order valence-electron chi connectivity index (χ1n) is 9.76. The van der Waals surface area contributed by atoms with Crippen LogP contribution in [0.1, 0.15) is 24.0 Å². The van der Waals surface area contributed by atoms with Gasteiger partial charge in [-0.1, -0.05) is 66.5 Å². The molecule has 0 fully saturated rings. The predicted octanol–water partition coefficient (Wildman–Crippen LogP) is 5.47. The normalized spacial score (nSPS) is 20.7. The van der Waals surface area contributed by atoms with Gasteiger partial charge in [0.2, 0.25) is 5.88 Å². The Kier molecular flexibility index (Phi) is 5.87. The Morgan fingerprint density at radius 2 is 1.83 bits per heavy atom. The van der Waals surface area contributed by atoms with Crippen molar-refractivity contribution < 1.29 is 4.74 Å². The van der Waals surface area contributed by atoms with Gasteiger partial charge < -0.3 is 10.5 Å². The standard InChI is InChI=1S/C24H21Cl2N3O/c1-2-29-13-16(11-15-7-3-5-9-20(15)25)23-19(14-29)22(18(12-27)24(28)30-23)17-8-4-6-10-21(17)26/h3-11,22H,2,13-14,28H2,1H3/b16-11+/t22-/m1/s1. The highest BCUT2D eigenvalue weighted by Gasteiger charge is 2.38. The molecular formula is C24H21Cl2N3O. The molecule has 0 spiro atoms. The van der Waals surface area contributed by atoms with Gasteiger partial charge in [0, 0.05) is 28.7 Å². The van der Waals surface area contributed by atoms with Crippen molar-refractivity contribution in [2.45, 2.75) is 12.8 Å². The minimum atomic E-state index is -0.351. The molecule has 2 heterocycles. The monoisotopic (exact) mass is 437 g/mol. The molecule has 2 aliphatic heterocycles. The lowest BCUT2D eigenvalue weighted by Crippen LogP contribution is -2.38. The van der Waals surface area contributed by atoms with Gasteiger partial charge in [0.05, 0.1) is 5.92 Å². The zero-order chi connectivity index (χ0) is 21.3. The molecule has 1 atom stereocenters. The van der Waals surface area contributed by atoms with Gasteiger partial charge in [-0.25, -0.2) is 0 Å². The number of nitrogens with zero attached hydrogens (tertiary/aromatic N) is 2. The Bertz CT molecular complexity index is 1130. The highest BCUT2D eigenvalue weighted by atomic mass is 35.5. The zero-order valence-corrected chi connectivity index (χ0v) is 18.0. The van der Waals surface area contributed by atoms with Crippen molar-refractivity contribution in [1.82, 2.24) is 4.90 Å². The van der Waals surface area contributed by atoms with Crippen LogP contribution in [0, 0.1) is 11.3 Å². The van der Waals surface area contributed by atoms with Gasteiger partial charge in [0.1, 0.15) is 17.4 Å². The average molecular weight is 438 g/mol. The maximum Gasteiger partial charge on any atom is 0.205 e. The van der Waals surface area contributed by atoms with Crippen molar-refractivity contribution in [3.8, 4) is 6.07 Å². The van der Waals surface area contributed by atoms with Gasteiger partial charge in [-0.3, -0.25) is 4.90 Å². The number of nitrogens with two attached hydrogens (primary N) is 1. The van der Waals surface area contributed by atoms with E-state index in [1.165, 1.54) is 0 Å². The summed E-state index contributed by atoms with van der Waals surface area (Å²) in [5, 5.41) is 11.1. The third kappa shape index (κ3) is 3.73. The summed E-state index contributed by atoms with van der Waals surface area (Å²) in [6.07, 6.45) is 2.04. The van der Waals surface area contributed by atoms with E-state index in [2.05, 4.69) is 17.9 Å². The molecular weight excluding hydrogens is 417 g/mol. The number of ether oxygens (including phenoxy) is 1. The van der Waals surface area contributed by atoms with Gasteiger partial charge in [-0.2, -0.15) is 5.26 Å². The van der Waals surface area contributed by atoms with Crippen molar-refractivity contribution in [2.24, 2.45) is 5.73 Å². The number of likely N-dealkylation sites (N-methyl/N-ethyl adjacent to an activating group) is 1. The molecule has 2 N–H and O–H groups in total. The lowest BCUT2D eigenvalue weighted by Gasteiger charge is -2.38. The SMILES string of the molecule is CCN1CC2=C(OC(N)=C(C#N)[C@H]2c2ccccc2Cl)/C(=C/c2ccccc2Cl)C1. The largest absolute Gasteiger partial charge is 0.440 e. The molecule has 152 valence electrons. The van der Waals surface area contributed by atoms with E-state index in [0.717, 1.165) is 28.8 Å². The second-order valence-corrected chi connectivity index (χ2v) is 8.11. The molecule has 2 aromatic rings. The fourth-order valence-electron chi connectivity index (χ4n) is 4.01. The summed E-state index contributed by atoms with van der Waals surface area (Å²) in [6.45, 7) is 4.33. The Labute approximate surface area is 186 Å². The summed E-state index contributed by atoms with van der Waals surface area (Å²) < 4.78 is 6.04. The first kappa shape index (κ1) is 20.6. The van der Waals surface area contributed by atoms with E-state index in [1.54, 1.807) is 0 Å². The molecule has 0 unspecified atom stereocenters. The Balaban J connectivity index is 1.92. The van der Waals surface area contributed by atoms with Gasteiger partial charge >= 0.3 is 0 Å². The number of rotatable bonds is 3. The van der Waals surface area contributed by atoms with Gasteiger partial charge in [0.15, 0.2) is 0 Å². The summed E-state index contributed by atoms with van der Waals surface area (Å²) in [6, 6.07) is 17.5. The lowest BCUT2D eigenvalue weighted by molar-refractivity contribution is 0.239. The number of nitriles is 1. The van der Waals surface area contributed by atoms with Crippen LogP contribution in [0.15, 0.2) is 76.9 Å². The van der Waals surface area contributed by atoms with Gasteiger partial charge in [0.25, 0.3) is 0 Å². The predicted molar refractivity (Wildman–Crippen MR) is 121 cm³/mol. The Hall–Kier alpha value is -2.71. The summed E-state index contributed by atoms with van der Waals surface area (Å²) in [7, 11) is 0. The summed E-state index contributed by atoms with van der Waals surface area (Å²) in [4.78, 5) is 2.30. The molecule has 2 aromatic carbocycles. The molecule has 0 aliphatic carbocycles. The van der Waals surface area contributed by atoms with Crippen LogP contribution in [-0.4, -0.2) is 24.5 Å². The first-order valence-corrected chi connectivity index (χ1v) is 10.5. The van der Waals surface area contributed by atoms with Crippen molar-refractivity contribution >= 4 is 29.3 Å². The summed E-state index contributed by atoms with van der Waals surface area (Å²) in [5.74, 6) is 0.480. The molecule has 6 heteroatoms. The van der Waals surface area contributed by atoms with Crippen LogP contribution in [0.3, 0.4) is 0 Å². The zero-order valence-electron chi connectivity index (χ0n) is 16.5. The number of hydrogen-bond acceptors (Lipinski definition) is 4. The summed E-state index contributed by atoms with van der Waals surface area (Å²) >= 11 is 12.9. The Morgan fingerprint density at radius 3 is 2.50 bits per heavy atom. The van der Waals surface area contributed by atoms with E-state index in [9.17, 15) is 5.26 Å². The molecule has 4 rings (SSSR count). The van der Waals surface area contributed by atoms with E-state index in [0.29, 0.717) is 34.5 Å². The smallest absolute Gasteiger partial charge is 0.205 e. The third-order valence-corrected chi connectivity index (χ3v) is 6.19. The quantitative estimate of drug-likeness (QED) is 0.690. The van der Waals surface area contributed by atoms with Crippen LogP contribution in [0.5, 0.6) is 0 Å². The number of halogens is 2. The number of benzene rings is 2. The maximum atomic E-state index is 9.86. The van der Waals surface area contributed by atoms with Crippen molar-refractivity contribution in [1.29, 1.82) is 5.26 Å². The van der Waals surface area contributed by atoms with Crippen molar-refractivity contribution in [3.05, 3.63) is 98.1 Å². The molecule has 4 nitrogen and oxygen atoms in total. The molecule has 0 aromatic heterocycles. The van der Waals surface area contributed by atoms with Gasteiger partial charge in [-0.05, 0) is 41.5 Å². The summed E-state index contributed by atoms with van der Waals surface area (Å²) in [5.41, 5.74) is 10.3. The molecule has 0 saturated heterocycles. The van der Waals surface area contributed by atoms with Crippen LogP contribution in [0.2, 0.25) is 10.0 Å². The Morgan fingerprint density at radius 1 is 1.13 bits per heavy atom. The molecule has 0 amide bonds. The van der Waals surface area contributed by atoms with E-state index in [-0.39, 0.29) is 11.8 Å². The third-order valence-electron chi connectivity index (χ3n) is 5.50. The molecule has 0 bridgehead atoms. The van der Waals surface area contributed by atoms with Crippen LogP contribution >= 0.6 is 23.2 Å². The van der Waals surface area contributed by atoms with Crippen LogP contribution < -0.4 is 5.73 Å².